The van der Waals surface area contributed by atoms with Crippen molar-refractivity contribution in [1.29, 1.82) is 0 Å². The van der Waals surface area contributed by atoms with Gasteiger partial charge in [-0.15, -0.1) is 0 Å². The van der Waals surface area contributed by atoms with Gasteiger partial charge in [0.1, 0.15) is 0 Å². The highest BCUT2D eigenvalue weighted by Crippen LogP contribution is 2.40. The molecule has 2 heteroatoms. The zero-order valence-electron chi connectivity index (χ0n) is 25.4. The second-order valence-electron chi connectivity index (χ2n) is 9.45. The zero-order valence-corrected chi connectivity index (χ0v) is 20.4. The van der Waals surface area contributed by atoms with E-state index in [-0.39, 0.29) is 29.9 Å². The highest BCUT2D eigenvalue weighted by atomic mass is 15.0. The van der Waals surface area contributed by atoms with Gasteiger partial charge in [-0.25, -0.2) is 0 Å². The predicted molar refractivity (Wildman–Crippen MR) is 161 cm³/mol. The van der Waals surface area contributed by atoms with E-state index in [1.807, 2.05) is 42.5 Å². The van der Waals surface area contributed by atoms with Crippen LogP contribution in [0.25, 0.3) is 66.1 Å². The quantitative estimate of drug-likeness (QED) is 0.234. The first-order valence-electron chi connectivity index (χ1n) is 15.1. The van der Waals surface area contributed by atoms with E-state index in [2.05, 4.69) is 77.4 Å². The Labute approximate surface area is 227 Å². The van der Waals surface area contributed by atoms with E-state index in [1.165, 1.54) is 16.3 Å². The van der Waals surface area contributed by atoms with Crippen LogP contribution < -0.4 is 0 Å². The molecule has 0 radical (unpaired) electrons. The first-order valence-corrected chi connectivity index (χ1v) is 12.6. The fourth-order valence-corrected chi connectivity index (χ4v) is 5.85. The average Bonchev–Trinajstić information content (AvgIpc) is 3.56. The summed E-state index contributed by atoms with van der Waals surface area (Å²) in [6.07, 6.45) is 0. The van der Waals surface area contributed by atoms with Crippen LogP contribution in [0, 0.1) is 0 Å². The molecule has 0 amide bonds. The van der Waals surface area contributed by atoms with Crippen molar-refractivity contribution in [3.63, 3.8) is 0 Å². The molecule has 0 aliphatic rings. The largest absolute Gasteiger partial charge is 0.309 e. The summed E-state index contributed by atoms with van der Waals surface area (Å²) in [6.45, 7) is 0. The van der Waals surface area contributed by atoms with Gasteiger partial charge in [-0.1, -0.05) is 97.0 Å². The number of hydrogen-bond acceptors (Lipinski definition) is 0. The summed E-state index contributed by atoms with van der Waals surface area (Å²) in [5, 5.41) is 4.23. The summed E-state index contributed by atoms with van der Waals surface area (Å²) in [5.74, 6) is 0. The van der Waals surface area contributed by atoms with Crippen LogP contribution >= 0.6 is 0 Å². The molecule has 8 rings (SSSR count). The molecule has 0 fully saturated rings. The normalized spacial score (nSPS) is 13.5. The van der Waals surface area contributed by atoms with Crippen LogP contribution in [0.15, 0.2) is 145 Å². The van der Waals surface area contributed by atoms with E-state index in [4.69, 9.17) is 6.85 Å². The Morgan fingerprint density at radius 2 is 1.08 bits per heavy atom. The Hall–Kier alpha value is -5.08. The van der Waals surface area contributed by atoms with Crippen LogP contribution in [-0.2, 0) is 0 Å². The van der Waals surface area contributed by atoms with Crippen molar-refractivity contribution in [3.05, 3.63) is 145 Å². The van der Waals surface area contributed by atoms with Gasteiger partial charge in [0.25, 0.3) is 0 Å². The molecule has 2 heterocycles. The minimum atomic E-state index is -0.400. The molecule has 0 atom stereocenters. The van der Waals surface area contributed by atoms with Gasteiger partial charge in [-0.2, -0.15) is 0 Å². The maximum Gasteiger partial charge on any atom is 0.0645 e. The van der Waals surface area contributed by atoms with E-state index < -0.39 is 6.04 Å². The van der Waals surface area contributed by atoms with Crippen molar-refractivity contribution in [3.8, 4) is 22.5 Å². The van der Waals surface area contributed by atoms with Crippen LogP contribution in [-0.4, -0.2) is 9.13 Å². The molecule has 0 saturated heterocycles. The summed E-state index contributed by atoms with van der Waals surface area (Å²) < 4.78 is 46.1. The van der Waals surface area contributed by atoms with Gasteiger partial charge in [-0.3, -0.25) is 0 Å². The number of para-hydroxylation sites is 3. The number of benzene rings is 6. The molecule has 0 aliphatic carbocycles. The monoisotopic (exact) mass is 489 g/mol. The lowest BCUT2D eigenvalue weighted by molar-refractivity contribution is 1.17. The molecule has 38 heavy (non-hydrogen) atoms. The van der Waals surface area contributed by atoms with Crippen molar-refractivity contribution in [1.82, 2.24) is 9.13 Å². The lowest BCUT2D eigenvalue weighted by atomic mass is 9.99. The molecule has 0 N–H and O–H groups in total. The summed E-state index contributed by atoms with van der Waals surface area (Å²) in [7, 11) is 0. The molecular weight excluding hydrogens is 460 g/mol. The minimum Gasteiger partial charge on any atom is -0.309 e. The Morgan fingerprint density at radius 1 is 0.447 bits per heavy atom. The molecule has 0 bridgehead atoms. The smallest absolute Gasteiger partial charge is 0.0645 e. The van der Waals surface area contributed by atoms with E-state index in [1.54, 1.807) is 4.57 Å². The second-order valence-corrected chi connectivity index (χ2v) is 9.45. The minimum absolute atomic E-state index is 0.148. The van der Waals surface area contributed by atoms with Gasteiger partial charge in [0, 0.05) is 32.9 Å². The highest BCUT2D eigenvalue weighted by molar-refractivity contribution is 6.16. The SMILES string of the molecule is [2H]c1c([2H])c([2H])c(-n2c3ccccc3c3cc(-n4c5ccccc5c5c(-c6ccccc6)cccc54)ccc32)c([2H])c1[2H]. The number of rotatable bonds is 3. The molecule has 178 valence electrons. The molecule has 8 aromatic rings. The maximum absolute atomic E-state index is 8.69. The molecule has 0 aliphatic heterocycles. The number of fused-ring (bicyclic) bond motifs is 6. The summed E-state index contributed by atoms with van der Waals surface area (Å²) in [4.78, 5) is 0. The Morgan fingerprint density at radius 3 is 1.89 bits per heavy atom. The average molecular weight is 490 g/mol. The third-order valence-electron chi connectivity index (χ3n) is 7.41. The van der Waals surface area contributed by atoms with Crippen LogP contribution in [0.1, 0.15) is 6.85 Å². The van der Waals surface area contributed by atoms with E-state index in [0.29, 0.717) is 0 Å². The zero-order chi connectivity index (χ0) is 29.4. The fraction of sp³-hybridized carbons (Fsp3) is 0. The summed E-state index contributed by atoms with van der Waals surface area (Å²) in [6, 6.07) is 37.8. The third kappa shape index (κ3) is 3.01. The number of hydrogen-bond donors (Lipinski definition) is 0. The van der Waals surface area contributed by atoms with E-state index in [0.717, 1.165) is 44.1 Å². The van der Waals surface area contributed by atoms with Crippen molar-refractivity contribution < 1.29 is 6.85 Å². The first-order chi connectivity index (χ1) is 21.0. The van der Waals surface area contributed by atoms with Crippen molar-refractivity contribution >= 4 is 43.6 Å². The molecule has 0 saturated carbocycles. The standard InChI is InChI=1S/C36H24N2/c1-3-12-25(13-4-1)28-18-11-21-35-36(28)30-17-8-10-20-33(30)38(35)27-22-23-34-31(24-27)29-16-7-9-19-32(29)37(34)26-14-5-2-6-15-26/h1-24H/i2D,5D,6D,14D,15D. The van der Waals surface area contributed by atoms with Gasteiger partial charge < -0.3 is 9.13 Å². The maximum atomic E-state index is 8.69. The first kappa shape index (κ1) is 16.6. The molecular formula is C36H24N2. The lowest BCUT2D eigenvalue weighted by Crippen LogP contribution is -1.95. The van der Waals surface area contributed by atoms with Gasteiger partial charge in [-0.05, 0) is 59.6 Å². The Bertz CT molecular complexity index is 2370. The van der Waals surface area contributed by atoms with Gasteiger partial charge >= 0.3 is 0 Å². The molecule has 0 unspecified atom stereocenters. The fourth-order valence-electron chi connectivity index (χ4n) is 5.85. The van der Waals surface area contributed by atoms with Crippen LogP contribution in [0.3, 0.4) is 0 Å². The Balaban J connectivity index is 1.46. The molecule has 2 aromatic heterocycles. The number of aromatic nitrogens is 2. The van der Waals surface area contributed by atoms with Gasteiger partial charge in [0.05, 0.1) is 28.9 Å². The van der Waals surface area contributed by atoms with Crippen molar-refractivity contribution in [2.24, 2.45) is 0 Å². The topological polar surface area (TPSA) is 9.86 Å². The van der Waals surface area contributed by atoms with E-state index >= 15 is 0 Å². The van der Waals surface area contributed by atoms with Gasteiger partial charge in [0.2, 0.25) is 0 Å². The third-order valence-corrected chi connectivity index (χ3v) is 7.41. The van der Waals surface area contributed by atoms with Crippen LogP contribution in [0.2, 0.25) is 0 Å². The van der Waals surface area contributed by atoms with E-state index in [9.17, 15) is 0 Å². The number of nitrogens with zero attached hydrogens (tertiary/aromatic N) is 2. The highest BCUT2D eigenvalue weighted by Gasteiger charge is 2.18. The van der Waals surface area contributed by atoms with Crippen LogP contribution in [0.5, 0.6) is 0 Å². The van der Waals surface area contributed by atoms with Gasteiger partial charge in [0.15, 0.2) is 0 Å². The summed E-state index contributed by atoms with van der Waals surface area (Å²) >= 11 is 0. The second kappa shape index (κ2) is 8.22. The molecule has 2 nitrogen and oxygen atoms in total. The van der Waals surface area contributed by atoms with Crippen molar-refractivity contribution in [2.45, 2.75) is 0 Å². The van der Waals surface area contributed by atoms with Crippen molar-refractivity contribution in [2.75, 3.05) is 0 Å². The lowest BCUT2D eigenvalue weighted by Gasteiger charge is -2.11. The Kier molecular flexibility index (Phi) is 3.60. The predicted octanol–water partition coefficient (Wildman–Crippen LogP) is 9.55. The molecule has 6 aromatic carbocycles. The summed E-state index contributed by atoms with van der Waals surface area (Å²) in [5.41, 5.74) is 7.20. The molecule has 0 spiro atoms. The van der Waals surface area contributed by atoms with Crippen LogP contribution in [0.4, 0.5) is 0 Å².